The van der Waals surface area contributed by atoms with Crippen LogP contribution in [0.3, 0.4) is 0 Å². The second-order valence-electron chi connectivity index (χ2n) is 12.3. The zero-order valence-electron chi connectivity index (χ0n) is 28.2. The van der Waals surface area contributed by atoms with Gasteiger partial charge in [-0.3, -0.25) is 5.32 Å². The fourth-order valence-electron chi connectivity index (χ4n) is 5.62. The van der Waals surface area contributed by atoms with Gasteiger partial charge in [-0.25, -0.2) is 4.79 Å². The highest BCUT2D eigenvalue weighted by atomic mass is 16.6. The molecule has 1 aliphatic rings. The van der Waals surface area contributed by atoms with Gasteiger partial charge in [0.25, 0.3) is 0 Å². The second-order valence-corrected chi connectivity index (χ2v) is 12.3. The lowest BCUT2D eigenvalue weighted by atomic mass is 9.85. The number of hydrogen-bond donors (Lipinski definition) is 2. The molecule has 1 fully saturated rings. The molecule has 0 aliphatic heterocycles. The molecule has 254 valence electrons. The summed E-state index contributed by atoms with van der Waals surface area (Å²) in [5, 5.41) is 6.27. The van der Waals surface area contributed by atoms with Crippen LogP contribution < -0.4 is 10.6 Å². The number of benzene rings is 1. The molecule has 0 heterocycles. The van der Waals surface area contributed by atoms with Gasteiger partial charge in [0, 0.05) is 19.8 Å². The predicted octanol–water partition coefficient (Wildman–Crippen LogP) is 7.61. The zero-order valence-corrected chi connectivity index (χ0v) is 28.2. The first-order valence-electron chi connectivity index (χ1n) is 17.7. The Balaban J connectivity index is 1.32. The minimum Gasteiger partial charge on any atom is -0.450 e. The molecule has 3 atom stereocenters. The Kier molecular flexibility index (Phi) is 23.2. The van der Waals surface area contributed by atoms with Crippen LogP contribution in [0.15, 0.2) is 30.3 Å². The van der Waals surface area contributed by atoms with Crippen LogP contribution in [0, 0.1) is 5.92 Å². The minimum atomic E-state index is -0.352. The van der Waals surface area contributed by atoms with Crippen LogP contribution in [0.25, 0.3) is 0 Å². The van der Waals surface area contributed by atoms with Gasteiger partial charge in [0.15, 0.2) is 0 Å². The quantitative estimate of drug-likeness (QED) is 0.0859. The summed E-state index contributed by atoms with van der Waals surface area (Å²) in [6, 6.07) is 10.7. The number of alkyl carbamates (subject to hydrolysis) is 1. The van der Waals surface area contributed by atoms with Gasteiger partial charge in [-0.15, -0.1) is 0 Å². The van der Waals surface area contributed by atoms with Crippen molar-refractivity contribution in [2.75, 3.05) is 59.3 Å². The summed E-state index contributed by atoms with van der Waals surface area (Å²) < 4.78 is 28.4. The van der Waals surface area contributed by atoms with Crippen molar-refractivity contribution in [1.29, 1.82) is 0 Å². The van der Waals surface area contributed by atoms with Gasteiger partial charge in [0.2, 0.25) is 0 Å². The Morgan fingerprint density at radius 1 is 0.795 bits per heavy atom. The first kappa shape index (κ1) is 38.5. The Morgan fingerprint density at radius 2 is 1.41 bits per heavy atom. The minimum absolute atomic E-state index is 0.0975. The Morgan fingerprint density at radius 3 is 2.07 bits per heavy atom. The maximum Gasteiger partial charge on any atom is 0.407 e. The third-order valence-electron chi connectivity index (χ3n) is 8.41. The van der Waals surface area contributed by atoms with Gasteiger partial charge in [-0.05, 0) is 75.8 Å². The van der Waals surface area contributed by atoms with E-state index in [1.807, 2.05) is 0 Å². The van der Waals surface area contributed by atoms with E-state index in [0.29, 0.717) is 70.7 Å². The third-order valence-corrected chi connectivity index (χ3v) is 8.41. The van der Waals surface area contributed by atoms with Crippen molar-refractivity contribution in [2.45, 2.75) is 122 Å². The molecule has 1 aromatic rings. The van der Waals surface area contributed by atoms with Gasteiger partial charge < -0.3 is 29.0 Å². The van der Waals surface area contributed by atoms with Crippen LogP contribution >= 0.6 is 0 Å². The van der Waals surface area contributed by atoms with Crippen LogP contribution in [-0.4, -0.2) is 77.8 Å². The summed E-state index contributed by atoms with van der Waals surface area (Å²) in [6.07, 6.45) is 15.2. The van der Waals surface area contributed by atoms with Crippen LogP contribution in [0.4, 0.5) is 4.79 Å². The van der Waals surface area contributed by atoms with Gasteiger partial charge in [-0.1, -0.05) is 82.7 Å². The van der Waals surface area contributed by atoms with Crippen molar-refractivity contribution in [1.82, 2.24) is 10.6 Å². The van der Waals surface area contributed by atoms with Crippen LogP contribution in [0.5, 0.6) is 0 Å². The predicted molar refractivity (Wildman–Crippen MR) is 178 cm³/mol. The van der Waals surface area contributed by atoms with Crippen LogP contribution in [0.1, 0.15) is 116 Å². The molecule has 2 N–H and O–H groups in total. The topological polar surface area (TPSA) is 87.3 Å². The second kappa shape index (κ2) is 26.5. The maximum absolute atomic E-state index is 12.0. The van der Waals surface area contributed by atoms with Gasteiger partial charge in [0.05, 0.1) is 39.1 Å². The number of hydrogen-bond acceptors (Lipinski definition) is 7. The van der Waals surface area contributed by atoms with E-state index in [-0.39, 0.29) is 12.3 Å². The molecular weight excluding hydrogens is 556 g/mol. The highest BCUT2D eigenvalue weighted by Gasteiger charge is 2.16. The molecular formula is C36H64N2O6. The summed E-state index contributed by atoms with van der Waals surface area (Å²) in [4.78, 5) is 12.0. The van der Waals surface area contributed by atoms with Crippen molar-refractivity contribution >= 4 is 6.09 Å². The van der Waals surface area contributed by atoms with E-state index in [0.717, 1.165) is 32.2 Å². The first-order chi connectivity index (χ1) is 21.6. The lowest BCUT2D eigenvalue weighted by molar-refractivity contribution is -0.0324. The van der Waals surface area contributed by atoms with E-state index in [1.165, 1.54) is 63.4 Å². The Hall–Kier alpha value is -1.71. The lowest BCUT2D eigenvalue weighted by Gasteiger charge is -2.25. The SMILES string of the molecule is CCC(C)CC(CCCOC(=O)NCCCOCCOCCOCCCNC(C)OC1CCCCCCC1)c1ccccc1. The summed E-state index contributed by atoms with van der Waals surface area (Å²) in [6.45, 7) is 12.0. The van der Waals surface area contributed by atoms with E-state index >= 15 is 0 Å². The third kappa shape index (κ3) is 20.3. The number of carbonyl (C=O) groups excluding carboxylic acids is 1. The molecule has 0 saturated heterocycles. The van der Waals surface area contributed by atoms with E-state index < -0.39 is 0 Å². The fraction of sp³-hybridized carbons (Fsp3) is 0.806. The van der Waals surface area contributed by atoms with E-state index in [9.17, 15) is 4.79 Å². The molecule has 1 amide bonds. The first-order valence-corrected chi connectivity index (χ1v) is 17.7. The highest BCUT2D eigenvalue weighted by Crippen LogP contribution is 2.29. The molecule has 8 nitrogen and oxygen atoms in total. The molecule has 1 saturated carbocycles. The molecule has 0 aromatic heterocycles. The van der Waals surface area contributed by atoms with E-state index in [2.05, 4.69) is 61.7 Å². The molecule has 8 heteroatoms. The average molecular weight is 621 g/mol. The van der Waals surface area contributed by atoms with Gasteiger partial charge in [0.1, 0.15) is 6.23 Å². The summed E-state index contributed by atoms with van der Waals surface area (Å²) >= 11 is 0. The zero-order chi connectivity index (χ0) is 31.5. The van der Waals surface area contributed by atoms with Crippen LogP contribution in [-0.2, 0) is 23.7 Å². The van der Waals surface area contributed by atoms with Crippen molar-refractivity contribution in [3.8, 4) is 0 Å². The average Bonchev–Trinajstić information content (AvgIpc) is 3.02. The number of rotatable bonds is 25. The molecule has 44 heavy (non-hydrogen) atoms. The molecule has 1 aromatic carbocycles. The fourth-order valence-corrected chi connectivity index (χ4v) is 5.62. The normalized spacial score (nSPS) is 16.5. The number of ether oxygens (including phenoxy) is 5. The Labute approximate surface area is 268 Å². The molecule has 1 aliphatic carbocycles. The molecule has 3 unspecified atom stereocenters. The molecule has 0 radical (unpaired) electrons. The standard InChI is InChI=1S/C36H64N2O6/c1-4-31(2)30-34(33-16-9-8-10-17-33)18-13-25-43-36(39)38-22-15-24-41-27-29-42-28-26-40-23-14-21-37-32(3)44-35-19-11-6-5-7-12-20-35/h8-10,16-17,31-32,34-35,37H,4-7,11-15,18-30H2,1-3H3,(H,38,39). The van der Waals surface area contributed by atoms with Crippen molar-refractivity contribution in [3.05, 3.63) is 35.9 Å². The summed E-state index contributed by atoms with van der Waals surface area (Å²) in [7, 11) is 0. The van der Waals surface area contributed by atoms with Crippen molar-refractivity contribution < 1.29 is 28.5 Å². The van der Waals surface area contributed by atoms with Crippen molar-refractivity contribution in [3.63, 3.8) is 0 Å². The largest absolute Gasteiger partial charge is 0.450 e. The van der Waals surface area contributed by atoms with Crippen molar-refractivity contribution in [2.24, 2.45) is 5.92 Å². The highest BCUT2D eigenvalue weighted by molar-refractivity contribution is 5.66. The molecule has 0 spiro atoms. The van der Waals surface area contributed by atoms with Gasteiger partial charge >= 0.3 is 6.09 Å². The monoisotopic (exact) mass is 620 g/mol. The number of nitrogens with one attached hydrogen (secondary N) is 2. The van der Waals surface area contributed by atoms with E-state index in [4.69, 9.17) is 23.7 Å². The lowest BCUT2D eigenvalue weighted by Crippen LogP contribution is -2.34. The van der Waals surface area contributed by atoms with Crippen LogP contribution in [0.2, 0.25) is 0 Å². The van der Waals surface area contributed by atoms with E-state index in [1.54, 1.807) is 0 Å². The number of carbonyl (C=O) groups is 1. The maximum atomic E-state index is 12.0. The summed E-state index contributed by atoms with van der Waals surface area (Å²) in [5.41, 5.74) is 1.38. The molecule has 0 bridgehead atoms. The van der Waals surface area contributed by atoms with Gasteiger partial charge in [-0.2, -0.15) is 0 Å². The Bertz CT molecular complexity index is 790. The summed E-state index contributed by atoms with van der Waals surface area (Å²) in [5.74, 6) is 1.19. The number of amides is 1. The smallest absolute Gasteiger partial charge is 0.407 e. The molecule has 2 rings (SSSR count).